The van der Waals surface area contributed by atoms with E-state index in [1.165, 1.54) is 0 Å². The van der Waals surface area contributed by atoms with Gasteiger partial charge >= 0.3 is 0 Å². The summed E-state index contributed by atoms with van der Waals surface area (Å²) in [6, 6.07) is 0. The average molecular weight is 300 g/mol. The van der Waals surface area contributed by atoms with Crippen LogP contribution in [0.3, 0.4) is 0 Å². The standard InChI is InChI=1S/C15H28O4Si/c1-14(2,3)20(6,7)19-11-9-8-10(16)12-13(11)18-15(4,5)17-12/h8-13,16H,1-7H3/t10-,11+,12+,13-/m1/s1. The van der Waals surface area contributed by atoms with Crippen molar-refractivity contribution in [2.75, 3.05) is 0 Å². The maximum atomic E-state index is 10.1. The first-order chi connectivity index (χ1) is 8.93. The topological polar surface area (TPSA) is 47.9 Å². The van der Waals surface area contributed by atoms with Crippen LogP contribution in [0.25, 0.3) is 0 Å². The normalized spacial score (nSPS) is 37.0. The van der Waals surface area contributed by atoms with E-state index in [9.17, 15) is 5.11 Å². The summed E-state index contributed by atoms with van der Waals surface area (Å²) < 4.78 is 18.2. The van der Waals surface area contributed by atoms with E-state index in [2.05, 4.69) is 33.9 Å². The smallest absolute Gasteiger partial charge is 0.193 e. The highest BCUT2D eigenvalue weighted by Gasteiger charge is 2.51. The summed E-state index contributed by atoms with van der Waals surface area (Å²) in [5.74, 6) is -0.669. The Kier molecular flexibility index (Phi) is 3.98. The SMILES string of the molecule is CC1(C)O[C@@H]2[C@H](O1)[C@@H](O[Si](C)(C)C(C)(C)C)C=C[C@H]2O. The fourth-order valence-electron chi connectivity index (χ4n) is 2.40. The van der Waals surface area contributed by atoms with Crippen LogP contribution in [0.1, 0.15) is 34.6 Å². The van der Waals surface area contributed by atoms with Gasteiger partial charge in [0.2, 0.25) is 0 Å². The van der Waals surface area contributed by atoms with Gasteiger partial charge in [0.25, 0.3) is 0 Å². The first-order valence-corrected chi connectivity index (χ1v) is 10.2. The van der Waals surface area contributed by atoms with Crippen LogP contribution in [-0.2, 0) is 13.9 Å². The van der Waals surface area contributed by atoms with Gasteiger partial charge in [-0.1, -0.05) is 32.9 Å². The number of aliphatic hydroxyl groups excluding tert-OH is 1. The maximum Gasteiger partial charge on any atom is 0.193 e. The Morgan fingerprint density at radius 2 is 1.65 bits per heavy atom. The minimum atomic E-state index is -1.89. The quantitative estimate of drug-likeness (QED) is 0.629. The van der Waals surface area contributed by atoms with E-state index in [-0.39, 0.29) is 23.4 Å². The molecule has 1 aliphatic carbocycles. The van der Waals surface area contributed by atoms with Crippen molar-refractivity contribution in [1.82, 2.24) is 0 Å². The zero-order valence-corrected chi connectivity index (χ0v) is 14.6. The van der Waals surface area contributed by atoms with E-state index in [1.54, 1.807) is 6.08 Å². The number of rotatable bonds is 2. The number of hydrogen-bond acceptors (Lipinski definition) is 4. The fourth-order valence-corrected chi connectivity index (χ4v) is 3.65. The molecule has 0 bridgehead atoms. The van der Waals surface area contributed by atoms with Crippen molar-refractivity contribution >= 4 is 8.32 Å². The summed E-state index contributed by atoms with van der Waals surface area (Å²) >= 11 is 0. The molecule has 0 aromatic heterocycles. The highest BCUT2D eigenvalue weighted by Crippen LogP contribution is 2.41. The molecule has 0 aromatic carbocycles. The van der Waals surface area contributed by atoms with Crippen LogP contribution in [0.2, 0.25) is 18.1 Å². The number of aliphatic hydroxyl groups is 1. The number of fused-ring (bicyclic) bond motifs is 1. The van der Waals surface area contributed by atoms with Crippen molar-refractivity contribution in [1.29, 1.82) is 0 Å². The minimum absolute atomic E-state index is 0.140. The number of hydrogen-bond donors (Lipinski definition) is 1. The minimum Gasteiger partial charge on any atom is -0.408 e. The van der Waals surface area contributed by atoms with Gasteiger partial charge in [0, 0.05) is 0 Å². The molecule has 0 spiro atoms. The first kappa shape index (κ1) is 16.2. The third kappa shape index (κ3) is 3.02. The summed E-state index contributed by atoms with van der Waals surface area (Å²) in [6.07, 6.45) is 2.34. The Morgan fingerprint density at radius 3 is 2.20 bits per heavy atom. The third-order valence-corrected chi connectivity index (χ3v) is 9.03. The summed E-state index contributed by atoms with van der Waals surface area (Å²) in [4.78, 5) is 0. The molecule has 0 unspecified atom stereocenters. The van der Waals surface area contributed by atoms with Crippen molar-refractivity contribution in [2.45, 2.75) is 83.0 Å². The first-order valence-electron chi connectivity index (χ1n) is 7.33. The van der Waals surface area contributed by atoms with Gasteiger partial charge in [0.05, 0.1) is 6.10 Å². The molecule has 1 aliphatic heterocycles. The molecule has 0 aromatic rings. The van der Waals surface area contributed by atoms with Crippen LogP contribution >= 0.6 is 0 Å². The highest BCUT2D eigenvalue weighted by molar-refractivity contribution is 6.74. The predicted molar refractivity (Wildman–Crippen MR) is 81.0 cm³/mol. The molecule has 20 heavy (non-hydrogen) atoms. The lowest BCUT2D eigenvalue weighted by molar-refractivity contribution is -0.155. The Morgan fingerprint density at radius 1 is 1.10 bits per heavy atom. The van der Waals surface area contributed by atoms with Crippen LogP contribution < -0.4 is 0 Å². The fraction of sp³-hybridized carbons (Fsp3) is 0.867. The molecule has 4 atom stereocenters. The second-order valence-electron chi connectivity index (χ2n) is 7.78. The van der Waals surface area contributed by atoms with Crippen LogP contribution in [0.15, 0.2) is 12.2 Å². The summed E-state index contributed by atoms with van der Waals surface area (Å²) in [6.45, 7) is 14.8. The van der Waals surface area contributed by atoms with E-state index < -0.39 is 20.2 Å². The Labute approximate surface area is 123 Å². The van der Waals surface area contributed by atoms with Gasteiger partial charge in [-0.15, -0.1) is 0 Å². The Balaban J connectivity index is 2.19. The molecule has 116 valence electrons. The molecule has 1 N–H and O–H groups in total. The van der Waals surface area contributed by atoms with Gasteiger partial charge in [-0.3, -0.25) is 0 Å². The van der Waals surface area contributed by atoms with E-state index >= 15 is 0 Å². The van der Waals surface area contributed by atoms with Gasteiger partial charge in [0.1, 0.15) is 18.3 Å². The van der Waals surface area contributed by atoms with Crippen LogP contribution in [0, 0.1) is 0 Å². The van der Waals surface area contributed by atoms with Crippen molar-refractivity contribution < 1.29 is 19.0 Å². The molecule has 0 radical (unpaired) electrons. The second-order valence-corrected chi connectivity index (χ2v) is 12.5. The zero-order chi connectivity index (χ0) is 15.3. The van der Waals surface area contributed by atoms with Crippen LogP contribution in [0.5, 0.6) is 0 Å². The molecule has 5 heteroatoms. The Bertz CT molecular complexity index is 397. The second kappa shape index (κ2) is 4.92. The van der Waals surface area contributed by atoms with Crippen molar-refractivity contribution in [3.05, 3.63) is 12.2 Å². The highest BCUT2D eigenvalue weighted by atomic mass is 28.4. The largest absolute Gasteiger partial charge is 0.408 e. The third-order valence-electron chi connectivity index (χ3n) is 4.56. The summed E-state index contributed by atoms with van der Waals surface area (Å²) in [7, 11) is -1.89. The van der Waals surface area contributed by atoms with E-state index in [4.69, 9.17) is 13.9 Å². The zero-order valence-electron chi connectivity index (χ0n) is 13.6. The van der Waals surface area contributed by atoms with Crippen molar-refractivity contribution in [3.63, 3.8) is 0 Å². The lowest BCUT2D eigenvalue weighted by Crippen LogP contribution is -2.52. The Hall–Kier alpha value is -0.203. The van der Waals surface area contributed by atoms with Gasteiger partial charge in [-0.2, -0.15) is 0 Å². The van der Waals surface area contributed by atoms with Crippen molar-refractivity contribution in [3.8, 4) is 0 Å². The van der Waals surface area contributed by atoms with Gasteiger partial charge in [-0.05, 0) is 32.0 Å². The molecule has 1 saturated heterocycles. The van der Waals surface area contributed by atoms with E-state index in [0.29, 0.717) is 0 Å². The molecular weight excluding hydrogens is 272 g/mol. The van der Waals surface area contributed by atoms with Crippen molar-refractivity contribution in [2.24, 2.45) is 0 Å². The molecular formula is C15H28O4Si. The summed E-state index contributed by atoms with van der Waals surface area (Å²) in [5, 5.41) is 10.2. The van der Waals surface area contributed by atoms with E-state index in [0.717, 1.165) is 0 Å². The lowest BCUT2D eigenvalue weighted by atomic mass is 9.96. The molecule has 4 nitrogen and oxygen atoms in total. The summed E-state index contributed by atoms with van der Waals surface area (Å²) in [5.41, 5.74) is 0. The van der Waals surface area contributed by atoms with Gasteiger partial charge < -0.3 is 19.0 Å². The molecule has 0 amide bonds. The molecule has 2 aliphatic rings. The molecule has 1 heterocycles. The van der Waals surface area contributed by atoms with E-state index in [1.807, 2.05) is 19.9 Å². The maximum absolute atomic E-state index is 10.1. The molecule has 1 fully saturated rings. The number of ether oxygens (including phenoxy) is 2. The van der Waals surface area contributed by atoms with Gasteiger partial charge in [-0.25, -0.2) is 0 Å². The van der Waals surface area contributed by atoms with Crippen LogP contribution in [0.4, 0.5) is 0 Å². The monoisotopic (exact) mass is 300 g/mol. The molecule has 0 saturated carbocycles. The van der Waals surface area contributed by atoms with Crippen LogP contribution in [-0.4, -0.2) is 43.6 Å². The average Bonchev–Trinajstić information content (AvgIpc) is 2.57. The van der Waals surface area contributed by atoms with Gasteiger partial charge in [0.15, 0.2) is 14.1 Å². The molecule has 2 rings (SSSR count). The lowest BCUT2D eigenvalue weighted by Gasteiger charge is -2.41. The predicted octanol–water partition coefficient (Wildman–Crippen LogP) is 2.83.